The molecule has 76 valence electrons. The number of aryl methyl sites for hydroxylation is 2. The van der Waals surface area contributed by atoms with Gasteiger partial charge in [-0.05, 0) is 33.5 Å². The third kappa shape index (κ3) is 2.67. The Morgan fingerprint density at radius 3 is 2.43 bits per heavy atom. The Kier molecular flexibility index (Phi) is 3.42. The second kappa shape index (κ2) is 4.38. The van der Waals surface area contributed by atoms with Gasteiger partial charge in [0.1, 0.15) is 0 Å². The van der Waals surface area contributed by atoms with Gasteiger partial charge in [0.05, 0.1) is 6.54 Å². The summed E-state index contributed by atoms with van der Waals surface area (Å²) in [5, 5.41) is 0. The monoisotopic (exact) mass is 191 g/mol. The van der Waals surface area contributed by atoms with Crippen LogP contribution in [0.15, 0.2) is 18.2 Å². The number of hydrogen-bond acceptors (Lipinski definition) is 2. The lowest BCUT2D eigenvalue weighted by Gasteiger charge is -2.10. The summed E-state index contributed by atoms with van der Waals surface area (Å²) in [6.07, 6.45) is 0. The molecule has 0 unspecified atom stereocenters. The number of hydrogen-bond donors (Lipinski definition) is 0. The van der Waals surface area contributed by atoms with Crippen molar-refractivity contribution < 1.29 is 4.79 Å². The van der Waals surface area contributed by atoms with Gasteiger partial charge in [-0.15, -0.1) is 0 Å². The van der Waals surface area contributed by atoms with Crippen LogP contribution in [-0.2, 0) is 0 Å². The highest BCUT2D eigenvalue weighted by Crippen LogP contribution is 2.11. The molecule has 1 aromatic carbocycles. The smallest absolute Gasteiger partial charge is 0.177 e. The van der Waals surface area contributed by atoms with Crippen LogP contribution in [-0.4, -0.2) is 31.3 Å². The first-order chi connectivity index (χ1) is 6.50. The van der Waals surface area contributed by atoms with Crippen molar-refractivity contribution in [3.63, 3.8) is 0 Å². The molecular formula is C12H17NO. The predicted molar refractivity (Wildman–Crippen MR) is 58.8 cm³/mol. The number of carbonyl (C=O) groups is 1. The van der Waals surface area contributed by atoms with Gasteiger partial charge in [0.15, 0.2) is 5.78 Å². The maximum Gasteiger partial charge on any atom is 0.177 e. The Balaban J connectivity index is 2.90. The minimum Gasteiger partial charge on any atom is -0.302 e. The maximum atomic E-state index is 11.7. The topological polar surface area (TPSA) is 20.3 Å². The molecule has 2 nitrogen and oxygen atoms in total. The van der Waals surface area contributed by atoms with Crippen LogP contribution in [0.25, 0.3) is 0 Å². The predicted octanol–water partition coefficient (Wildman–Crippen LogP) is 2.05. The van der Waals surface area contributed by atoms with E-state index in [1.54, 1.807) is 0 Å². The molecule has 0 saturated heterocycles. The molecule has 0 atom stereocenters. The second-order valence-corrected chi connectivity index (χ2v) is 3.98. The zero-order valence-electron chi connectivity index (χ0n) is 9.29. The van der Waals surface area contributed by atoms with E-state index < -0.39 is 0 Å². The van der Waals surface area contributed by atoms with E-state index in [0.717, 1.165) is 11.1 Å². The first-order valence-electron chi connectivity index (χ1n) is 4.76. The molecule has 0 aliphatic carbocycles. The molecule has 0 saturated carbocycles. The van der Waals surface area contributed by atoms with Crippen LogP contribution in [0.5, 0.6) is 0 Å². The molecule has 0 amide bonds. The van der Waals surface area contributed by atoms with Crippen molar-refractivity contribution in [1.29, 1.82) is 0 Å². The van der Waals surface area contributed by atoms with Gasteiger partial charge in [-0.2, -0.15) is 0 Å². The Labute approximate surface area is 85.5 Å². The summed E-state index contributed by atoms with van der Waals surface area (Å²) in [6, 6.07) is 5.94. The molecule has 0 aromatic heterocycles. The van der Waals surface area contributed by atoms with Gasteiger partial charge in [0.25, 0.3) is 0 Å². The van der Waals surface area contributed by atoms with Crippen molar-refractivity contribution in [2.24, 2.45) is 0 Å². The summed E-state index contributed by atoms with van der Waals surface area (Å²) in [5.41, 5.74) is 3.10. The van der Waals surface area contributed by atoms with E-state index in [1.807, 2.05) is 51.0 Å². The van der Waals surface area contributed by atoms with Crippen LogP contribution in [0.3, 0.4) is 0 Å². The highest BCUT2D eigenvalue weighted by atomic mass is 16.1. The van der Waals surface area contributed by atoms with Crippen LogP contribution in [0.1, 0.15) is 21.5 Å². The highest BCUT2D eigenvalue weighted by Gasteiger charge is 2.09. The number of nitrogens with zero attached hydrogens (tertiary/aromatic N) is 1. The minimum atomic E-state index is 0.188. The van der Waals surface area contributed by atoms with Crippen molar-refractivity contribution in [3.8, 4) is 0 Å². The number of ketones is 1. The van der Waals surface area contributed by atoms with Gasteiger partial charge in [-0.3, -0.25) is 4.79 Å². The van der Waals surface area contributed by atoms with Crippen molar-refractivity contribution >= 4 is 5.78 Å². The van der Waals surface area contributed by atoms with Crippen molar-refractivity contribution in [2.45, 2.75) is 13.8 Å². The number of likely N-dealkylation sites (N-methyl/N-ethyl adjacent to an activating group) is 1. The van der Waals surface area contributed by atoms with Gasteiger partial charge in [-0.25, -0.2) is 0 Å². The quantitative estimate of drug-likeness (QED) is 0.681. The fourth-order valence-corrected chi connectivity index (χ4v) is 1.50. The summed E-state index contributed by atoms with van der Waals surface area (Å²) in [4.78, 5) is 13.6. The largest absolute Gasteiger partial charge is 0.302 e. The molecule has 0 spiro atoms. The fourth-order valence-electron chi connectivity index (χ4n) is 1.50. The lowest BCUT2D eigenvalue weighted by Crippen LogP contribution is -2.22. The molecule has 1 aromatic rings. The van der Waals surface area contributed by atoms with Crippen LogP contribution in [0, 0.1) is 13.8 Å². The molecule has 0 aliphatic heterocycles. The molecule has 0 fully saturated rings. The van der Waals surface area contributed by atoms with Crippen molar-refractivity contribution in [2.75, 3.05) is 20.6 Å². The molecule has 0 aliphatic rings. The van der Waals surface area contributed by atoms with E-state index >= 15 is 0 Å². The van der Waals surface area contributed by atoms with E-state index in [2.05, 4.69) is 0 Å². The standard InChI is InChI=1S/C12H17NO/c1-9-5-6-11(10(2)7-9)12(14)8-13(3)4/h5-7H,8H2,1-4H3. The lowest BCUT2D eigenvalue weighted by atomic mass is 10.0. The number of Topliss-reactive ketones (excluding diaryl/α,β-unsaturated/α-hetero) is 1. The first-order valence-corrected chi connectivity index (χ1v) is 4.76. The summed E-state index contributed by atoms with van der Waals surface area (Å²) < 4.78 is 0. The van der Waals surface area contributed by atoms with E-state index in [0.29, 0.717) is 6.54 Å². The number of carbonyl (C=O) groups excluding carboxylic acids is 1. The van der Waals surface area contributed by atoms with Gasteiger partial charge >= 0.3 is 0 Å². The lowest BCUT2D eigenvalue weighted by molar-refractivity contribution is 0.0957. The summed E-state index contributed by atoms with van der Waals surface area (Å²) >= 11 is 0. The zero-order chi connectivity index (χ0) is 10.7. The van der Waals surface area contributed by atoms with Crippen molar-refractivity contribution in [1.82, 2.24) is 4.90 Å². The van der Waals surface area contributed by atoms with E-state index in [9.17, 15) is 4.79 Å². The molecule has 0 heterocycles. The molecule has 1 rings (SSSR count). The van der Waals surface area contributed by atoms with Crippen LogP contribution in [0.2, 0.25) is 0 Å². The zero-order valence-corrected chi connectivity index (χ0v) is 9.29. The SMILES string of the molecule is Cc1ccc(C(=O)CN(C)C)c(C)c1. The van der Waals surface area contributed by atoms with E-state index in [-0.39, 0.29) is 5.78 Å². The molecule has 0 radical (unpaired) electrons. The fraction of sp³-hybridized carbons (Fsp3) is 0.417. The number of benzene rings is 1. The average molecular weight is 191 g/mol. The Morgan fingerprint density at radius 1 is 1.29 bits per heavy atom. The molecule has 0 bridgehead atoms. The van der Waals surface area contributed by atoms with E-state index in [1.165, 1.54) is 5.56 Å². The summed E-state index contributed by atoms with van der Waals surface area (Å²) in [6.45, 7) is 4.49. The second-order valence-electron chi connectivity index (χ2n) is 3.98. The third-order valence-electron chi connectivity index (χ3n) is 2.14. The van der Waals surface area contributed by atoms with Gasteiger partial charge in [0.2, 0.25) is 0 Å². The molecule has 0 N–H and O–H groups in total. The Bertz CT molecular complexity index is 342. The van der Waals surface area contributed by atoms with Crippen molar-refractivity contribution in [3.05, 3.63) is 34.9 Å². The minimum absolute atomic E-state index is 0.188. The van der Waals surface area contributed by atoms with Crippen LogP contribution < -0.4 is 0 Å². The maximum absolute atomic E-state index is 11.7. The van der Waals surface area contributed by atoms with Gasteiger partial charge in [0, 0.05) is 5.56 Å². The first kappa shape index (κ1) is 10.9. The molecular weight excluding hydrogens is 174 g/mol. The summed E-state index contributed by atoms with van der Waals surface area (Å²) in [7, 11) is 3.81. The van der Waals surface area contributed by atoms with Gasteiger partial charge < -0.3 is 4.90 Å². The highest BCUT2D eigenvalue weighted by molar-refractivity contribution is 5.98. The number of rotatable bonds is 3. The van der Waals surface area contributed by atoms with Crippen LogP contribution >= 0.6 is 0 Å². The Morgan fingerprint density at radius 2 is 1.93 bits per heavy atom. The summed E-state index contributed by atoms with van der Waals surface area (Å²) in [5.74, 6) is 0.188. The normalized spacial score (nSPS) is 10.6. The third-order valence-corrected chi connectivity index (χ3v) is 2.14. The van der Waals surface area contributed by atoms with Gasteiger partial charge in [-0.1, -0.05) is 23.8 Å². The Hall–Kier alpha value is -1.15. The van der Waals surface area contributed by atoms with E-state index in [4.69, 9.17) is 0 Å². The molecule has 2 heteroatoms. The molecule has 14 heavy (non-hydrogen) atoms. The average Bonchev–Trinajstić information content (AvgIpc) is 2.01. The van der Waals surface area contributed by atoms with Crippen LogP contribution in [0.4, 0.5) is 0 Å².